The predicted molar refractivity (Wildman–Crippen MR) is 133 cm³/mol. The lowest BCUT2D eigenvalue weighted by atomic mass is 9.86. The van der Waals surface area contributed by atoms with Gasteiger partial charge < -0.3 is 9.67 Å². The number of nitrogens with zero attached hydrogens (tertiary/aromatic N) is 1. The van der Waals surface area contributed by atoms with E-state index >= 15 is 0 Å². The molecule has 0 saturated heterocycles. The fraction of sp³-hybridized carbons (Fsp3) is 0.241. The highest BCUT2D eigenvalue weighted by atomic mass is 16.4. The minimum Gasteiger partial charge on any atom is -0.475 e. The lowest BCUT2D eigenvalue weighted by Gasteiger charge is -2.19. The molecule has 3 aromatic carbocycles. The Balaban J connectivity index is 1.90. The second-order valence-corrected chi connectivity index (χ2v) is 9.44. The number of fused-ring (bicyclic) bond motifs is 1. The van der Waals surface area contributed by atoms with Gasteiger partial charge in [0.2, 0.25) is 0 Å². The smallest absolute Gasteiger partial charge is 0.377 e. The topological polar surface area (TPSA) is 59.3 Å². The van der Waals surface area contributed by atoms with Gasteiger partial charge in [-0.15, -0.1) is 0 Å². The van der Waals surface area contributed by atoms with E-state index in [0.717, 1.165) is 27.9 Å². The van der Waals surface area contributed by atoms with Gasteiger partial charge in [0.25, 0.3) is 5.78 Å². The molecule has 4 nitrogen and oxygen atoms in total. The molecule has 0 aliphatic carbocycles. The first kappa shape index (κ1) is 22.5. The van der Waals surface area contributed by atoms with E-state index in [1.807, 2.05) is 55.5 Å². The number of ketones is 1. The van der Waals surface area contributed by atoms with Gasteiger partial charge in [0.1, 0.15) is 0 Å². The van der Waals surface area contributed by atoms with Crippen LogP contribution in [0.5, 0.6) is 0 Å². The van der Waals surface area contributed by atoms with Crippen LogP contribution in [0.15, 0.2) is 72.8 Å². The summed E-state index contributed by atoms with van der Waals surface area (Å²) in [6.45, 7) is 9.08. The van der Waals surface area contributed by atoms with Crippen LogP contribution in [0.1, 0.15) is 54.9 Å². The molecule has 33 heavy (non-hydrogen) atoms. The molecular formula is C29H29NO3. The lowest BCUT2D eigenvalue weighted by Crippen LogP contribution is -2.15. The highest BCUT2D eigenvalue weighted by Gasteiger charge is 2.26. The van der Waals surface area contributed by atoms with Crippen molar-refractivity contribution in [3.8, 4) is 11.1 Å². The number of aromatic nitrogens is 1. The summed E-state index contributed by atoms with van der Waals surface area (Å²) >= 11 is 0. The van der Waals surface area contributed by atoms with Gasteiger partial charge in [-0.2, -0.15) is 0 Å². The zero-order chi connectivity index (χ0) is 23.8. The molecule has 4 heteroatoms. The largest absolute Gasteiger partial charge is 0.475 e. The van der Waals surface area contributed by atoms with Gasteiger partial charge in [0.05, 0.1) is 5.56 Å². The fourth-order valence-electron chi connectivity index (χ4n) is 4.42. The van der Waals surface area contributed by atoms with Gasteiger partial charge in [0.15, 0.2) is 0 Å². The van der Waals surface area contributed by atoms with Crippen LogP contribution >= 0.6 is 0 Å². The number of rotatable bonds is 6. The first-order valence-corrected chi connectivity index (χ1v) is 11.3. The summed E-state index contributed by atoms with van der Waals surface area (Å²) in [7, 11) is 0. The Bertz CT molecular complexity index is 1320. The molecule has 1 N–H and O–H groups in total. The molecule has 0 amide bonds. The quantitative estimate of drug-likeness (QED) is 0.276. The summed E-state index contributed by atoms with van der Waals surface area (Å²) in [4.78, 5) is 24.5. The molecule has 0 atom stereocenters. The first-order chi connectivity index (χ1) is 15.7. The molecule has 168 valence electrons. The van der Waals surface area contributed by atoms with Crippen LogP contribution in [0.25, 0.3) is 22.0 Å². The molecule has 0 aliphatic rings. The van der Waals surface area contributed by atoms with Crippen molar-refractivity contribution in [3.05, 3.63) is 95.2 Å². The Morgan fingerprint density at radius 1 is 0.879 bits per heavy atom. The molecule has 0 fully saturated rings. The molecule has 0 unspecified atom stereocenters. The number of carboxylic acids is 1. The van der Waals surface area contributed by atoms with E-state index in [9.17, 15) is 14.7 Å². The van der Waals surface area contributed by atoms with Crippen LogP contribution in [-0.4, -0.2) is 21.4 Å². The van der Waals surface area contributed by atoms with E-state index in [-0.39, 0.29) is 5.41 Å². The Labute approximate surface area is 194 Å². The van der Waals surface area contributed by atoms with Crippen molar-refractivity contribution in [3.63, 3.8) is 0 Å². The monoisotopic (exact) mass is 439 g/mol. The molecule has 1 heterocycles. The minimum absolute atomic E-state index is 0.0637. The van der Waals surface area contributed by atoms with E-state index in [1.165, 1.54) is 5.56 Å². The van der Waals surface area contributed by atoms with Crippen molar-refractivity contribution in [2.24, 2.45) is 0 Å². The van der Waals surface area contributed by atoms with E-state index in [4.69, 9.17) is 0 Å². The van der Waals surface area contributed by atoms with E-state index < -0.39 is 11.8 Å². The Morgan fingerprint density at radius 3 is 2.09 bits per heavy atom. The summed E-state index contributed by atoms with van der Waals surface area (Å²) in [6, 6.07) is 24.4. The summed E-state index contributed by atoms with van der Waals surface area (Å²) in [6.07, 6.45) is 0.561. The van der Waals surface area contributed by atoms with Gasteiger partial charge in [0, 0.05) is 23.1 Å². The number of hydrogen-bond donors (Lipinski definition) is 1. The van der Waals surface area contributed by atoms with Crippen molar-refractivity contribution < 1.29 is 14.7 Å². The number of carbonyl (C=O) groups excluding carboxylic acids is 1. The number of Topliss-reactive ketones (excluding diaryl/α,β-unsaturated/α-hetero) is 1. The van der Waals surface area contributed by atoms with E-state index in [1.54, 1.807) is 0 Å². The zero-order valence-corrected chi connectivity index (χ0v) is 19.6. The molecule has 0 spiro atoms. The Kier molecular flexibility index (Phi) is 5.94. The van der Waals surface area contributed by atoms with Gasteiger partial charge in [-0.25, -0.2) is 4.79 Å². The van der Waals surface area contributed by atoms with Crippen LogP contribution in [-0.2, 0) is 23.2 Å². The number of carboxylic acid groups (broad SMARTS) is 1. The molecule has 0 radical (unpaired) electrons. The third-order valence-corrected chi connectivity index (χ3v) is 6.20. The SMILES string of the molecule is CCc1c(C(=O)C(=O)O)c2cc(-c3ccc(C(C)(C)C)cc3)ccc2n1Cc1ccccc1. The molecule has 1 aromatic heterocycles. The van der Waals surface area contributed by atoms with Crippen molar-refractivity contribution in [2.75, 3.05) is 0 Å². The van der Waals surface area contributed by atoms with Crippen molar-refractivity contribution in [2.45, 2.75) is 46.1 Å². The summed E-state index contributed by atoms with van der Waals surface area (Å²) in [5.41, 5.74) is 6.32. The normalized spacial score (nSPS) is 11.6. The predicted octanol–water partition coefficient (Wildman–Crippen LogP) is 6.48. The Morgan fingerprint density at radius 2 is 1.52 bits per heavy atom. The average Bonchev–Trinajstić information content (AvgIpc) is 3.11. The average molecular weight is 440 g/mol. The van der Waals surface area contributed by atoms with Crippen LogP contribution in [0.2, 0.25) is 0 Å². The van der Waals surface area contributed by atoms with Crippen LogP contribution < -0.4 is 0 Å². The molecule has 0 aliphatic heterocycles. The van der Waals surface area contributed by atoms with Gasteiger partial charge >= 0.3 is 5.97 Å². The van der Waals surface area contributed by atoms with Crippen LogP contribution in [0, 0.1) is 0 Å². The van der Waals surface area contributed by atoms with Crippen molar-refractivity contribution >= 4 is 22.7 Å². The number of aliphatic carboxylic acids is 1. The summed E-state index contributed by atoms with van der Waals surface area (Å²) < 4.78 is 2.08. The lowest BCUT2D eigenvalue weighted by molar-refractivity contribution is -0.131. The highest BCUT2D eigenvalue weighted by Crippen LogP contribution is 2.33. The molecule has 0 saturated carbocycles. The second kappa shape index (κ2) is 8.70. The zero-order valence-electron chi connectivity index (χ0n) is 19.6. The van der Waals surface area contributed by atoms with Crippen molar-refractivity contribution in [1.29, 1.82) is 0 Å². The fourth-order valence-corrected chi connectivity index (χ4v) is 4.42. The molecule has 4 aromatic rings. The van der Waals surface area contributed by atoms with Gasteiger partial charge in [-0.1, -0.05) is 88.4 Å². The first-order valence-electron chi connectivity index (χ1n) is 11.3. The van der Waals surface area contributed by atoms with Crippen molar-refractivity contribution in [1.82, 2.24) is 4.57 Å². The maximum Gasteiger partial charge on any atom is 0.377 e. The molecule has 0 bridgehead atoms. The highest BCUT2D eigenvalue weighted by molar-refractivity contribution is 6.42. The second-order valence-electron chi connectivity index (χ2n) is 9.44. The summed E-state index contributed by atoms with van der Waals surface area (Å²) in [5.74, 6) is -2.28. The van der Waals surface area contributed by atoms with Crippen LogP contribution in [0.3, 0.4) is 0 Å². The maximum absolute atomic E-state index is 12.8. The molecule has 4 rings (SSSR count). The van der Waals surface area contributed by atoms with Gasteiger partial charge in [-0.3, -0.25) is 4.79 Å². The summed E-state index contributed by atoms with van der Waals surface area (Å²) in [5, 5.41) is 10.2. The standard InChI is InChI=1S/C29H29NO3/c1-5-24-26(27(31)28(32)33)23-17-21(20-11-14-22(15-12-20)29(2,3)4)13-16-25(23)30(24)18-19-9-7-6-8-10-19/h6-17H,5,18H2,1-4H3,(H,32,33). The molecular weight excluding hydrogens is 410 g/mol. The number of hydrogen-bond acceptors (Lipinski definition) is 2. The third-order valence-electron chi connectivity index (χ3n) is 6.20. The number of benzene rings is 3. The van der Waals surface area contributed by atoms with E-state index in [0.29, 0.717) is 23.9 Å². The van der Waals surface area contributed by atoms with E-state index in [2.05, 4.69) is 49.6 Å². The number of carbonyl (C=O) groups is 2. The minimum atomic E-state index is -1.43. The van der Waals surface area contributed by atoms with Crippen LogP contribution in [0.4, 0.5) is 0 Å². The Hall–Kier alpha value is -3.66. The van der Waals surface area contributed by atoms with Gasteiger partial charge in [-0.05, 0) is 46.2 Å². The third kappa shape index (κ3) is 4.34. The maximum atomic E-state index is 12.8.